The van der Waals surface area contributed by atoms with E-state index >= 15 is 0 Å². The lowest BCUT2D eigenvalue weighted by molar-refractivity contribution is -0.124. The van der Waals surface area contributed by atoms with Crippen LogP contribution in [0.1, 0.15) is 49.4 Å². The van der Waals surface area contributed by atoms with E-state index in [4.69, 9.17) is 0 Å². The molecule has 1 atom stereocenters. The fraction of sp³-hybridized carbons (Fsp3) is 0.409. The summed E-state index contributed by atoms with van der Waals surface area (Å²) < 4.78 is 0. The maximum Gasteiger partial charge on any atom is 0.224 e. The van der Waals surface area contributed by atoms with Crippen LogP contribution >= 0.6 is 0 Å². The van der Waals surface area contributed by atoms with Gasteiger partial charge in [-0.25, -0.2) is 0 Å². The third kappa shape index (κ3) is 3.10. The summed E-state index contributed by atoms with van der Waals surface area (Å²) in [5, 5.41) is 3.16. The molecule has 1 aliphatic carbocycles. The molecule has 2 nitrogen and oxygen atoms in total. The Morgan fingerprint density at radius 2 is 1.33 bits per heavy atom. The fourth-order valence-corrected chi connectivity index (χ4v) is 3.54. The van der Waals surface area contributed by atoms with Gasteiger partial charge in [0.15, 0.2) is 0 Å². The first-order chi connectivity index (χ1) is 11.2. The van der Waals surface area contributed by atoms with E-state index in [-0.39, 0.29) is 22.8 Å². The zero-order valence-corrected chi connectivity index (χ0v) is 15.3. The third-order valence-corrected chi connectivity index (χ3v) is 4.91. The van der Waals surface area contributed by atoms with Crippen molar-refractivity contribution in [1.29, 1.82) is 0 Å². The highest BCUT2D eigenvalue weighted by molar-refractivity contribution is 5.86. The van der Waals surface area contributed by atoms with Gasteiger partial charge in [-0.15, -0.1) is 0 Å². The van der Waals surface area contributed by atoms with Crippen LogP contribution in [-0.2, 0) is 10.2 Å². The predicted octanol–water partition coefficient (Wildman–Crippen LogP) is 4.52. The van der Waals surface area contributed by atoms with E-state index in [1.54, 1.807) is 0 Å². The van der Waals surface area contributed by atoms with Crippen molar-refractivity contribution in [2.75, 3.05) is 0 Å². The molecule has 2 aromatic rings. The lowest BCUT2D eigenvalue weighted by Gasteiger charge is -2.23. The van der Waals surface area contributed by atoms with E-state index in [9.17, 15) is 4.79 Å². The van der Waals surface area contributed by atoms with Gasteiger partial charge in [-0.05, 0) is 52.2 Å². The number of carbonyl (C=O) groups excluding carboxylic acids is 1. The highest BCUT2D eigenvalue weighted by atomic mass is 16.2. The number of amides is 1. The van der Waals surface area contributed by atoms with Crippen LogP contribution < -0.4 is 5.32 Å². The van der Waals surface area contributed by atoms with Gasteiger partial charge in [-0.2, -0.15) is 0 Å². The number of aryl methyl sites for hydroxylation is 2. The van der Waals surface area contributed by atoms with Gasteiger partial charge in [0.1, 0.15) is 0 Å². The van der Waals surface area contributed by atoms with Crippen LogP contribution in [0.5, 0.6) is 0 Å². The van der Waals surface area contributed by atoms with Crippen LogP contribution in [0.4, 0.5) is 0 Å². The summed E-state index contributed by atoms with van der Waals surface area (Å²) in [5.41, 5.74) is 4.59. The number of hydrogen-bond donors (Lipinski definition) is 1. The molecule has 1 amide bonds. The van der Waals surface area contributed by atoms with Crippen LogP contribution in [0.3, 0.4) is 0 Å². The van der Waals surface area contributed by atoms with E-state index in [1.165, 1.54) is 22.3 Å². The summed E-state index contributed by atoms with van der Waals surface area (Å²) in [6.45, 7) is 10.3. The summed E-state index contributed by atoms with van der Waals surface area (Å²) in [4.78, 5) is 12.8. The molecule has 0 unspecified atom stereocenters. The van der Waals surface area contributed by atoms with Crippen molar-refractivity contribution in [3.05, 3.63) is 70.8 Å². The molecule has 1 saturated carbocycles. The van der Waals surface area contributed by atoms with Gasteiger partial charge < -0.3 is 5.32 Å². The predicted molar refractivity (Wildman–Crippen MR) is 99.1 cm³/mol. The van der Waals surface area contributed by atoms with Crippen molar-refractivity contribution in [3.63, 3.8) is 0 Å². The standard InChI is InChI=1S/C22H27NO/c1-15-6-10-17(11-7-15)22(18-12-8-16(2)9-13-18)14-19(22)20(24)23-21(3,4)5/h6-13,19H,14H2,1-5H3,(H,23,24)/t19-/m0/s1. The maximum absolute atomic E-state index is 12.8. The van der Waals surface area contributed by atoms with E-state index in [1.807, 2.05) is 20.8 Å². The fourth-order valence-electron chi connectivity index (χ4n) is 3.54. The number of carbonyl (C=O) groups is 1. The molecule has 0 aliphatic heterocycles. The zero-order chi connectivity index (χ0) is 17.5. The molecule has 0 heterocycles. The van der Waals surface area contributed by atoms with E-state index in [2.05, 4.69) is 67.7 Å². The quantitative estimate of drug-likeness (QED) is 0.884. The highest BCUT2D eigenvalue weighted by Crippen LogP contribution is 2.59. The molecule has 126 valence electrons. The van der Waals surface area contributed by atoms with Gasteiger partial charge in [0, 0.05) is 11.0 Å². The molecule has 1 N–H and O–H groups in total. The molecule has 1 aliphatic rings. The van der Waals surface area contributed by atoms with Crippen LogP contribution in [0.25, 0.3) is 0 Å². The van der Waals surface area contributed by atoms with Crippen LogP contribution in [0.2, 0.25) is 0 Å². The Morgan fingerprint density at radius 1 is 0.917 bits per heavy atom. The monoisotopic (exact) mass is 321 g/mol. The maximum atomic E-state index is 12.8. The van der Waals surface area contributed by atoms with E-state index < -0.39 is 0 Å². The summed E-state index contributed by atoms with van der Waals surface area (Å²) in [5.74, 6) is 0.158. The number of rotatable bonds is 3. The van der Waals surface area contributed by atoms with Crippen LogP contribution in [0, 0.1) is 19.8 Å². The molecule has 0 aromatic heterocycles. The Bertz CT molecular complexity index is 690. The minimum Gasteiger partial charge on any atom is -0.351 e. The highest BCUT2D eigenvalue weighted by Gasteiger charge is 2.60. The van der Waals surface area contributed by atoms with Gasteiger partial charge in [0.05, 0.1) is 5.92 Å². The normalized spacial score (nSPS) is 19.0. The molecule has 0 spiro atoms. The second-order valence-corrected chi connectivity index (χ2v) is 8.20. The molecule has 3 rings (SSSR count). The number of benzene rings is 2. The number of hydrogen-bond acceptors (Lipinski definition) is 1. The molecule has 1 fully saturated rings. The van der Waals surface area contributed by atoms with Crippen molar-refractivity contribution < 1.29 is 4.79 Å². The van der Waals surface area contributed by atoms with Crippen molar-refractivity contribution in [3.8, 4) is 0 Å². The van der Waals surface area contributed by atoms with Crippen molar-refractivity contribution in [2.24, 2.45) is 5.92 Å². The lowest BCUT2D eigenvalue weighted by Crippen LogP contribution is -2.42. The minimum absolute atomic E-state index is 0.00198. The summed E-state index contributed by atoms with van der Waals surface area (Å²) in [6, 6.07) is 17.3. The minimum atomic E-state index is -0.202. The van der Waals surface area contributed by atoms with E-state index in [0.717, 1.165) is 6.42 Å². The second kappa shape index (κ2) is 5.77. The van der Waals surface area contributed by atoms with Crippen molar-refractivity contribution in [2.45, 2.75) is 52.0 Å². The van der Waals surface area contributed by atoms with Crippen molar-refractivity contribution >= 4 is 5.91 Å². The average Bonchev–Trinajstić information content (AvgIpc) is 3.24. The van der Waals surface area contributed by atoms with Crippen molar-refractivity contribution in [1.82, 2.24) is 5.32 Å². The molecule has 0 radical (unpaired) electrons. The summed E-state index contributed by atoms with van der Waals surface area (Å²) >= 11 is 0. The molecule has 0 saturated heterocycles. The molecule has 24 heavy (non-hydrogen) atoms. The van der Waals surface area contributed by atoms with Crippen LogP contribution in [-0.4, -0.2) is 11.4 Å². The Kier molecular flexibility index (Phi) is 4.03. The van der Waals surface area contributed by atoms with Gasteiger partial charge >= 0.3 is 0 Å². The number of nitrogens with one attached hydrogen (secondary N) is 1. The molecule has 2 heteroatoms. The Balaban J connectivity index is 1.99. The molecule has 2 aromatic carbocycles. The third-order valence-electron chi connectivity index (χ3n) is 4.91. The molecule has 0 bridgehead atoms. The summed E-state index contributed by atoms with van der Waals surface area (Å²) in [7, 11) is 0. The Labute approximate surface area is 145 Å². The summed E-state index contributed by atoms with van der Waals surface area (Å²) in [6.07, 6.45) is 0.876. The van der Waals surface area contributed by atoms with E-state index in [0.29, 0.717) is 0 Å². The first-order valence-corrected chi connectivity index (χ1v) is 8.69. The molecular formula is C22H27NO. The van der Waals surface area contributed by atoms with Gasteiger partial charge in [0.25, 0.3) is 0 Å². The lowest BCUT2D eigenvalue weighted by atomic mass is 9.84. The largest absolute Gasteiger partial charge is 0.351 e. The van der Waals surface area contributed by atoms with Gasteiger partial charge in [-0.3, -0.25) is 4.79 Å². The average molecular weight is 321 g/mol. The zero-order valence-electron chi connectivity index (χ0n) is 15.3. The second-order valence-electron chi connectivity index (χ2n) is 8.20. The Hall–Kier alpha value is -2.09. The Morgan fingerprint density at radius 3 is 1.71 bits per heavy atom. The van der Waals surface area contributed by atoms with Crippen LogP contribution in [0.15, 0.2) is 48.5 Å². The molecular weight excluding hydrogens is 294 g/mol. The first-order valence-electron chi connectivity index (χ1n) is 8.69. The van der Waals surface area contributed by atoms with Gasteiger partial charge in [-0.1, -0.05) is 59.7 Å². The SMILES string of the molecule is Cc1ccc(C2(c3ccc(C)cc3)C[C@H]2C(=O)NC(C)(C)C)cc1. The first kappa shape index (κ1) is 16.8. The van der Waals surface area contributed by atoms with Gasteiger partial charge in [0.2, 0.25) is 5.91 Å². The smallest absolute Gasteiger partial charge is 0.224 e. The topological polar surface area (TPSA) is 29.1 Å².